The number of rotatable bonds is 6. The highest BCUT2D eigenvalue weighted by atomic mass is 19.1. The number of hydrogen-bond acceptors (Lipinski definition) is 7. The summed E-state index contributed by atoms with van der Waals surface area (Å²) < 4.78 is 41.9. The zero-order valence-corrected chi connectivity index (χ0v) is 19.0. The highest BCUT2D eigenvalue weighted by Crippen LogP contribution is 2.43. The smallest absolute Gasteiger partial charge is 0.187 e. The van der Waals surface area contributed by atoms with Crippen LogP contribution in [0.1, 0.15) is 47.3 Å². The van der Waals surface area contributed by atoms with E-state index in [0.29, 0.717) is 12.0 Å². The topological polar surface area (TPSA) is 122 Å². The van der Waals surface area contributed by atoms with Crippen molar-refractivity contribution in [3.8, 4) is 11.4 Å². The summed E-state index contributed by atoms with van der Waals surface area (Å²) in [6.07, 6.45) is 3.26. The number of nitrogens with two attached hydrogens (primary N) is 1. The van der Waals surface area contributed by atoms with E-state index in [1.165, 1.54) is 12.3 Å². The van der Waals surface area contributed by atoms with Gasteiger partial charge in [-0.2, -0.15) is 0 Å². The van der Waals surface area contributed by atoms with Crippen LogP contribution in [0.4, 0.5) is 18.9 Å². The Labute approximate surface area is 199 Å². The lowest BCUT2D eigenvalue weighted by Crippen LogP contribution is -2.54. The van der Waals surface area contributed by atoms with Gasteiger partial charge in [-0.15, -0.1) is 0 Å². The Morgan fingerprint density at radius 3 is 2.57 bits per heavy atom. The van der Waals surface area contributed by atoms with E-state index in [-0.39, 0.29) is 36.0 Å². The van der Waals surface area contributed by atoms with Gasteiger partial charge in [-0.3, -0.25) is 9.78 Å². The van der Waals surface area contributed by atoms with E-state index < -0.39 is 47.3 Å². The van der Waals surface area contributed by atoms with Crippen molar-refractivity contribution in [1.82, 2.24) is 15.0 Å². The van der Waals surface area contributed by atoms with E-state index in [4.69, 9.17) is 5.73 Å². The standard InChI is InChI=1S/C25H25F3N4O3/c1-13-7-14(9-21(34)25(13,35)12-26)16-5-6-30-10-15(16)8-20(33)23-19(29)11-31-24(32-23)22-17(27)3-2-4-18(22)28/h2-6,10-11,13-14,21,34-35H,7-9,12,29H2,1H3/t13-,14+,21+,25+/m0/s1. The number of anilines is 1. The van der Waals surface area contributed by atoms with Crippen LogP contribution in [0.3, 0.4) is 0 Å². The molecular formula is C25H25F3N4O3. The number of halogens is 3. The van der Waals surface area contributed by atoms with E-state index >= 15 is 0 Å². The van der Waals surface area contributed by atoms with E-state index in [1.54, 1.807) is 19.2 Å². The molecule has 4 N–H and O–H groups in total. The third kappa shape index (κ3) is 4.63. The number of hydrogen-bond donors (Lipinski definition) is 3. The van der Waals surface area contributed by atoms with Gasteiger partial charge in [0, 0.05) is 18.8 Å². The molecule has 0 spiro atoms. The number of aromatic nitrogens is 3. The minimum atomic E-state index is -1.81. The van der Waals surface area contributed by atoms with Crippen molar-refractivity contribution < 1.29 is 28.2 Å². The molecule has 0 radical (unpaired) electrons. The molecule has 0 unspecified atom stereocenters. The highest BCUT2D eigenvalue weighted by molar-refractivity contribution is 6.00. The fourth-order valence-corrected chi connectivity index (χ4v) is 4.69. The second-order valence-electron chi connectivity index (χ2n) is 8.98. The normalized spacial score (nSPS) is 24.3. The molecule has 2 aromatic heterocycles. The molecule has 0 bridgehead atoms. The molecule has 4 atom stereocenters. The largest absolute Gasteiger partial charge is 0.396 e. The van der Waals surface area contributed by atoms with Crippen molar-refractivity contribution in [2.45, 2.75) is 43.8 Å². The van der Waals surface area contributed by atoms with Crippen LogP contribution in [0.2, 0.25) is 0 Å². The maximum absolute atomic E-state index is 14.2. The van der Waals surface area contributed by atoms with Crippen molar-refractivity contribution in [2.24, 2.45) is 5.92 Å². The lowest BCUT2D eigenvalue weighted by molar-refractivity contribution is -0.146. The summed E-state index contributed by atoms with van der Waals surface area (Å²) in [5.41, 5.74) is 4.69. The molecular weight excluding hydrogens is 461 g/mol. The second-order valence-corrected chi connectivity index (χ2v) is 8.98. The number of carbonyl (C=O) groups excluding carboxylic acids is 1. The quantitative estimate of drug-likeness (QED) is 0.457. The number of carbonyl (C=O) groups is 1. The Morgan fingerprint density at radius 1 is 1.20 bits per heavy atom. The summed E-state index contributed by atoms with van der Waals surface area (Å²) in [4.78, 5) is 25.2. The summed E-state index contributed by atoms with van der Waals surface area (Å²) >= 11 is 0. The Kier molecular flexibility index (Phi) is 6.86. The predicted octanol–water partition coefficient (Wildman–Crippen LogP) is 3.40. The molecule has 0 amide bonds. The van der Waals surface area contributed by atoms with Crippen molar-refractivity contribution in [2.75, 3.05) is 12.4 Å². The molecule has 2 heterocycles. The number of nitrogen functional groups attached to an aromatic ring is 1. The third-order valence-electron chi connectivity index (χ3n) is 6.79. The van der Waals surface area contributed by atoms with Crippen LogP contribution < -0.4 is 5.73 Å². The lowest BCUT2D eigenvalue weighted by Gasteiger charge is -2.44. The first-order valence-corrected chi connectivity index (χ1v) is 11.1. The molecule has 7 nitrogen and oxygen atoms in total. The highest BCUT2D eigenvalue weighted by Gasteiger charge is 2.47. The van der Waals surface area contributed by atoms with E-state index in [9.17, 15) is 28.2 Å². The predicted molar refractivity (Wildman–Crippen MR) is 122 cm³/mol. The van der Waals surface area contributed by atoms with Gasteiger partial charge in [0.2, 0.25) is 0 Å². The average Bonchev–Trinajstić information content (AvgIpc) is 2.83. The summed E-state index contributed by atoms with van der Waals surface area (Å²) in [5.74, 6) is -3.33. The monoisotopic (exact) mass is 486 g/mol. The summed E-state index contributed by atoms with van der Waals surface area (Å²) in [5, 5.41) is 20.9. The lowest BCUT2D eigenvalue weighted by atomic mass is 9.68. The van der Waals surface area contributed by atoms with Crippen molar-refractivity contribution in [3.05, 3.63) is 71.3 Å². The molecule has 1 fully saturated rings. The molecule has 184 valence electrons. The van der Waals surface area contributed by atoms with Crippen molar-refractivity contribution >= 4 is 11.5 Å². The van der Waals surface area contributed by atoms with Gasteiger partial charge in [-0.05, 0) is 54.0 Å². The van der Waals surface area contributed by atoms with Crippen molar-refractivity contribution in [1.29, 1.82) is 0 Å². The van der Waals surface area contributed by atoms with Crippen LogP contribution in [0.25, 0.3) is 11.4 Å². The minimum absolute atomic E-state index is 0.0457. The average molecular weight is 486 g/mol. The van der Waals surface area contributed by atoms with Gasteiger partial charge in [0.1, 0.15) is 29.6 Å². The Bertz CT molecular complexity index is 1220. The van der Waals surface area contributed by atoms with Gasteiger partial charge in [0.15, 0.2) is 11.6 Å². The minimum Gasteiger partial charge on any atom is -0.396 e. The molecule has 0 saturated heterocycles. The molecule has 10 heteroatoms. The zero-order valence-electron chi connectivity index (χ0n) is 19.0. The summed E-state index contributed by atoms with van der Waals surface area (Å²) in [6, 6.07) is 5.05. The zero-order chi connectivity index (χ0) is 25.3. The first kappa shape index (κ1) is 24.7. The van der Waals surface area contributed by atoms with Gasteiger partial charge >= 0.3 is 0 Å². The second kappa shape index (κ2) is 9.71. The Hall–Kier alpha value is -3.37. The Morgan fingerprint density at radius 2 is 1.91 bits per heavy atom. The number of alkyl halides is 1. The molecule has 1 aliphatic rings. The summed E-state index contributed by atoms with van der Waals surface area (Å²) in [7, 11) is 0. The van der Waals surface area contributed by atoms with E-state index in [2.05, 4.69) is 15.0 Å². The molecule has 1 saturated carbocycles. The van der Waals surface area contributed by atoms with Crippen LogP contribution in [0.15, 0.2) is 42.9 Å². The van der Waals surface area contributed by atoms with Gasteiger partial charge in [0.05, 0.1) is 23.6 Å². The van der Waals surface area contributed by atoms with Crippen LogP contribution in [0, 0.1) is 17.6 Å². The molecule has 3 aromatic rings. The van der Waals surface area contributed by atoms with Crippen LogP contribution in [-0.4, -0.2) is 49.3 Å². The van der Waals surface area contributed by atoms with Gasteiger partial charge in [0.25, 0.3) is 0 Å². The number of aliphatic hydroxyl groups is 2. The maximum Gasteiger partial charge on any atom is 0.187 e. The van der Waals surface area contributed by atoms with E-state index in [0.717, 1.165) is 23.9 Å². The fourth-order valence-electron chi connectivity index (χ4n) is 4.69. The van der Waals surface area contributed by atoms with Gasteiger partial charge in [-0.1, -0.05) is 13.0 Å². The number of nitrogens with zero attached hydrogens (tertiary/aromatic N) is 3. The molecule has 1 aliphatic carbocycles. The molecule has 0 aliphatic heterocycles. The van der Waals surface area contributed by atoms with Crippen LogP contribution in [-0.2, 0) is 6.42 Å². The van der Waals surface area contributed by atoms with Crippen molar-refractivity contribution in [3.63, 3.8) is 0 Å². The number of pyridine rings is 1. The molecule has 1 aromatic carbocycles. The SMILES string of the molecule is C[C@H]1C[C@@H](c2ccncc2CC(=O)c2nc(-c3c(F)cccc3F)ncc2N)C[C@@H](O)[C@@]1(O)CF. The van der Waals surface area contributed by atoms with Crippen LogP contribution in [0.5, 0.6) is 0 Å². The number of ketones is 1. The summed E-state index contributed by atoms with van der Waals surface area (Å²) in [6.45, 7) is 0.619. The van der Waals surface area contributed by atoms with Gasteiger partial charge < -0.3 is 15.9 Å². The number of aliphatic hydroxyl groups excluding tert-OH is 1. The Balaban J connectivity index is 1.63. The number of benzene rings is 1. The third-order valence-corrected chi connectivity index (χ3v) is 6.79. The maximum atomic E-state index is 14.2. The van der Waals surface area contributed by atoms with Crippen LogP contribution >= 0.6 is 0 Å². The molecule has 4 rings (SSSR count). The van der Waals surface area contributed by atoms with Gasteiger partial charge in [-0.25, -0.2) is 23.1 Å². The fraction of sp³-hybridized carbons (Fsp3) is 0.360. The first-order valence-electron chi connectivity index (χ1n) is 11.1. The number of Topliss-reactive ketones (excluding diaryl/α,β-unsaturated/α-hetero) is 1. The molecule has 35 heavy (non-hydrogen) atoms. The van der Waals surface area contributed by atoms with E-state index in [1.807, 2.05) is 0 Å². The first-order chi connectivity index (χ1) is 16.7.